The third kappa shape index (κ3) is 5.44. The minimum Gasteiger partial charge on any atom is -0.491 e. The van der Waals surface area contributed by atoms with Crippen molar-refractivity contribution >= 4 is 18.3 Å². The minimum absolute atomic E-state index is 0. The molecule has 1 atom stereocenters. The number of amides is 1. The van der Waals surface area contributed by atoms with E-state index in [2.05, 4.69) is 15.6 Å². The van der Waals surface area contributed by atoms with Gasteiger partial charge in [-0.2, -0.15) is 0 Å². The number of nitrogens with one attached hydrogen (secondary N) is 1. The molecule has 1 unspecified atom stereocenters. The highest BCUT2D eigenvalue weighted by molar-refractivity contribution is 5.93. The van der Waals surface area contributed by atoms with Crippen molar-refractivity contribution in [3.05, 3.63) is 35.7 Å². The second-order valence-corrected chi connectivity index (χ2v) is 6.36. The molecule has 0 aliphatic rings. The summed E-state index contributed by atoms with van der Waals surface area (Å²) >= 11 is 0. The van der Waals surface area contributed by atoms with Crippen molar-refractivity contribution < 1.29 is 9.53 Å². The van der Waals surface area contributed by atoms with Crippen LogP contribution in [-0.2, 0) is 6.42 Å². The van der Waals surface area contributed by atoms with Crippen molar-refractivity contribution in [1.82, 2.24) is 20.3 Å². The first kappa shape index (κ1) is 21.9. The Labute approximate surface area is 160 Å². The Kier molecular flexibility index (Phi) is 8.54. The molecule has 144 valence electrons. The summed E-state index contributed by atoms with van der Waals surface area (Å²) in [6.07, 6.45) is 0.765. The lowest BCUT2D eigenvalue weighted by atomic mass is 10.2. The molecule has 0 radical (unpaired) electrons. The van der Waals surface area contributed by atoms with E-state index in [0.717, 1.165) is 17.1 Å². The fraction of sp³-hybridized carbons (Fsp3) is 0.500. The number of aromatic nitrogens is 3. The quantitative estimate of drug-likeness (QED) is 0.731. The summed E-state index contributed by atoms with van der Waals surface area (Å²) in [4.78, 5) is 12.4. The van der Waals surface area contributed by atoms with Crippen molar-refractivity contribution in [1.29, 1.82) is 0 Å². The summed E-state index contributed by atoms with van der Waals surface area (Å²) in [5.41, 5.74) is 7.55. The number of hydrogen-bond donors (Lipinski definition) is 2. The number of ether oxygens (including phenoxy) is 1. The van der Waals surface area contributed by atoms with E-state index in [0.29, 0.717) is 25.2 Å². The molecule has 3 N–H and O–H groups in total. The molecule has 0 fully saturated rings. The summed E-state index contributed by atoms with van der Waals surface area (Å²) in [5, 5.41) is 11.1. The third-order valence-corrected chi connectivity index (χ3v) is 3.78. The van der Waals surface area contributed by atoms with Gasteiger partial charge in [0.25, 0.3) is 5.91 Å². The predicted octanol–water partition coefficient (Wildman–Crippen LogP) is 2.36. The van der Waals surface area contributed by atoms with Gasteiger partial charge in [-0.1, -0.05) is 19.1 Å². The maximum absolute atomic E-state index is 12.4. The summed E-state index contributed by atoms with van der Waals surface area (Å²) in [6.45, 7) is 8.97. The van der Waals surface area contributed by atoms with E-state index >= 15 is 0 Å². The van der Waals surface area contributed by atoms with Gasteiger partial charge in [0.2, 0.25) is 0 Å². The fourth-order valence-corrected chi connectivity index (χ4v) is 2.37. The van der Waals surface area contributed by atoms with Crippen LogP contribution in [0.4, 0.5) is 0 Å². The summed E-state index contributed by atoms with van der Waals surface area (Å²) in [6, 6.07) is 7.59. The molecule has 8 heteroatoms. The Bertz CT molecular complexity index is 700. The topological polar surface area (TPSA) is 95.1 Å². The Morgan fingerprint density at radius 2 is 1.92 bits per heavy atom. The zero-order valence-electron chi connectivity index (χ0n) is 15.7. The van der Waals surface area contributed by atoms with Gasteiger partial charge < -0.3 is 15.8 Å². The smallest absolute Gasteiger partial charge is 0.273 e. The molecule has 2 rings (SSSR count). The maximum Gasteiger partial charge on any atom is 0.273 e. The van der Waals surface area contributed by atoms with Crippen molar-refractivity contribution in [2.45, 2.75) is 40.2 Å². The lowest BCUT2D eigenvalue weighted by Crippen LogP contribution is -2.32. The van der Waals surface area contributed by atoms with Gasteiger partial charge in [-0.15, -0.1) is 17.5 Å². The number of hydrogen-bond acceptors (Lipinski definition) is 5. The molecule has 1 aromatic heterocycles. The van der Waals surface area contributed by atoms with E-state index in [9.17, 15) is 4.79 Å². The highest BCUT2D eigenvalue weighted by Crippen LogP contribution is 2.19. The molecule has 0 spiro atoms. The first-order chi connectivity index (χ1) is 12.0. The van der Waals surface area contributed by atoms with Gasteiger partial charge in [-0.05, 0) is 57.0 Å². The van der Waals surface area contributed by atoms with Crippen LogP contribution >= 0.6 is 12.4 Å². The highest BCUT2D eigenvalue weighted by atomic mass is 35.5. The summed E-state index contributed by atoms with van der Waals surface area (Å²) in [7, 11) is 0. The molecule has 1 amide bonds. The van der Waals surface area contributed by atoms with Crippen LogP contribution < -0.4 is 15.8 Å². The Balaban J connectivity index is 0.00000338. The average Bonchev–Trinajstić information content (AvgIpc) is 3.03. The van der Waals surface area contributed by atoms with Gasteiger partial charge in [0.05, 0.1) is 17.5 Å². The minimum atomic E-state index is -0.219. The number of benzene rings is 1. The van der Waals surface area contributed by atoms with Crippen LogP contribution in [0.2, 0.25) is 0 Å². The van der Waals surface area contributed by atoms with Gasteiger partial charge in [-0.3, -0.25) is 4.79 Å². The van der Waals surface area contributed by atoms with Gasteiger partial charge >= 0.3 is 0 Å². The van der Waals surface area contributed by atoms with Crippen LogP contribution in [0.3, 0.4) is 0 Å². The van der Waals surface area contributed by atoms with E-state index in [1.54, 1.807) is 4.68 Å². The highest BCUT2D eigenvalue weighted by Gasteiger charge is 2.19. The van der Waals surface area contributed by atoms with Crippen LogP contribution in [0.1, 0.15) is 43.9 Å². The molecule has 1 aromatic carbocycles. The van der Waals surface area contributed by atoms with E-state index in [1.807, 2.05) is 52.0 Å². The van der Waals surface area contributed by atoms with Crippen LogP contribution in [0.5, 0.6) is 5.75 Å². The summed E-state index contributed by atoms with van der Waals surface area (Å²) in [5.74, 6) is 0.798. The maximum atomic E-state index is 12.4. The van der Waals surface area contributed by atoms with E-state index < -0.39 is 0 Å². The normalized spacial score (nSPS) is 11.8. The number of carbonyl (C=O) groups is 1. The number of nitrogens with zero attached hydrogens (tertiary/aromatic N) is 3. The summed E-state index contributed by atoms with van der Waals surface area (Å²) < 4.78 is 7.35. The van der Waals surface area contributed by atoms with Crippen LogP contribution in [0, 0.1) is 5.92 Å². The predicted molar refractivity (Wildman–Crippen MR) is 104 cm³/mol. The zero-order chi connectivity index (χ0) is 18.4. The fourth-order valence-electron chi connectivity index (χ4n) is 2.37. The van der Waals surface area contributed by atoms with Gasteiger partial charge in [0.1, 0.15) is 5.75 Å². The third-order valence-electron chi connectivity index (χ3n) is 3.78. The van der Waals surface area contributed by atoms with Crippen LogP contribution in [-0.4, -0.2) is 40.1 Å². The molecule has 7 nitrogen and oxygen atoms in total. The molecule has 0 bridgehead atoms. The van der Waals surface area contributed by atoms with Crippen molar-refractivity contribution in [3.8, 4) is 11.4 Å². The van der Waals surface area contributed by atoms with Crippen molar-refractivity contribution in [2.24, 2.45) is 11.7 Å². The van der Waals surface area contributed by atoms with Gasteiger partial charge in [0.15, 0.2) is 5.69 Å². The number of rotatable bonds is 8. The second kappa shape index (κ2) is 10.1. The monoisotopic (exact) mass is 381 g/mol. The first-order valence-electron chi connectivity index (χ1n) is 8.66. The first-order valence-corrected chi connectivity index (χ1v) is 8.66. The Morgan fingerprint density at radius 1 is 1.27 bits per heavy atom. The Hall–Kier alpha value is -2.12. The molecular weight excluding hydrogens is 354 g/mol. The molecule has 0 saturated carbocycles. The zero-order valence-corrected chi connectivity index (χ0v) is 16.5. The van der Waals surface area contributed by atoms with Crippen LogP contribution in [0.15, 0.2) is 24.3 Å². The van der Waals surface area contributed by atoms with Gasteiger partial charge in [0, 0.05) is 6.54 Å². The molecule has 2 aromatic rings. The molecule has 0 aliphatic carbocycles. The number of nitrogens with two attached hydrogens (primary N) is 1. The number of carbonyl (C=O) groups excluding carboxylic acids is 1. The van der Waals surface area contributed by atoms with Crippen molar-refractivity contribution in [3.63, 3.8) is 0 Å². The molecule has 26 heavy (non-hydrogen) atoms. The largest absolute Gasteiger partial charge is 0.491 e. The SMILES string of the molecule is CCc1c(C(=O)NCC(C)CN)nnn1-c1ccc(OC(C)C)cc1.Cl. The van der Waals surface area contributed by atoms with E-state index in [-0.39, 0.29) is 30.3 Å². The lowest BCUT2D eigenvalue weighted by Gasteiger charge is -2.11. The molecular formula is C18H28ClN5O2. The molecule has 1 heterocycles. The average molecular weight is 382 g/mol. The standard InChI is InChI=1S/C18H27N5O2.ClH/c1-5-16-17(18(24)20-11-13(4)10-19)21-22-23(16)14-6-8-15(9-7-14)25-12(2)3;/h6-9,12-13H,5,10-11,19H2,1-4H3,(H,20,24);1H. The number of halogens is 1. The molecule has 0 saturated heterocycles. The van der Waals surface area contributed by atoms with Crippen molar-refractivity contribution in [2.75, 3.05) is 13.1 Å². The van der Waals surface area contributed by atoms with Gasteiger partial charge in [-0.25, -0.2) is 4.68 Å². The van der Waals surface area contributed by atoms with E-state index in [4.69, 9.17) is 10.5 Å². The Morgan fingerprint density at radius 3 is 2.46 bits per heavy atom. The second-order valence-electron chi connectivity index (χ2n) is 6.36. The lowest BCUT2D eigenvalue weighted by molar-refractivity contribution is 0.0942. The van der Waals surface area contributed by atoms with Crippen LogP contribution in [0.25, 0.3) is 5.69 Å². The van der Waals surface area contributed by atoms with E-state index in [1.165, 1.54) is 0 Å². The molecule has 0 aliphatic heterocycles.